The molecule has 0 saturated heterocycles. The Balaban J connectivity index is 1.83. The zero-order chi connectivity index (χ0) is 12.1. The van der Waals surface area contributed by atoms with Crippen molar-refractivity contribution in [3.8, 4) is 0 Å². The number of hydrogen-bond donors (Lipinski definition) is 2. The first-order valence-electron chi connectivity index (χ1n) is 5.77. The molecule has 2 N–H and O–H groups in total. The second-order valence-electron chi connectivity index (χ2n) is 3.99. The summed E-state index contributed by atoms with van der Waals surface area (Å²) in [5, 5.41) is 4.44. The number of hydrogen-bond acceptors (Lipinski definition) is 3. The molecule has 1 heterocycles. The summed E-state index contributed by atoms with van der Waals surface area (Å²) in [6.07, 6.45) is 0. The maximum atomic E-state index is 4.54. The number of aliphatic imine (C=N–C) groups is 1. The number of quaternary nitrogens is 1. The minimum atomic E-state index is 0.895. The minimum Gasteiger partial charge on any atom is -0.318 e. The highest BCUT2D eigenvalue weighted by Gasteiger charge is 2.12. The van der Waals surface area contributed by atoms with Crippen molar-refractivity contribution in [2.24, 2.45) is 4.99 Å². The minimum absolute atomic E-state index is 0.895. The SMILES string of the molecule is CC[NH+]1CN=C(SCc2ccc(Br)cc2)NC1. The van der Waals surface area contributed by atoms with E-state index in [0.717, 1.165) is 35.3 Å². The lowest BCUT2D eigenvalue weighted by Gasteiger charge is -2.22. The van der Waals surface area contributed by atoms with Gasteiger partial charge < -0.3 is 5.32 Å². The summed E-state index contributed by atoms with van der Waals surface area (Å²) in [5.74, 6) is 0.973. The van der Waals surface area contributed by atoms with Crippen LogP contribution >= 0.6 is 27.7 Å². The van der Waals surface area contributed by atoms with Crippen LogP contribution in [0.15, 0.2) is 33.7 Å². The van der Waals surface area contributed by atoms with Crippen LogP contribution in [-0.2, 0) is 5.75 Å². The molecule has 0 amide bonds. The van der Waals surface area contributed by atoms with Crippen molar-refractivity contribution < 1.29 is 4.90 Å². The molecule has 0 saturated carbocycles. The molecule has 17 heavy (non-hydrogen) atoms. The van der Waals surface area contributed by atoms with Crippen molar-refractivity contribution in [2.45, 2.75) is 12.7 Å². The Morgan fingerprint density at radius 3 is 2.76 bits per heavy atom. The predicted molar refractivity (Wildman–Crippen MR) is 77.2 cm³/mol. The number of rotatable bonds is 3. The fourth-order valence-electron chi connectivity index (χ4n) is 1.56. The summed E-state index contributed by atoms with van der Waals surface area (Å²) in [6.45, 7) is 5.20. The third kappa shape index (κ3) is 4.01. The van der Waals surface area contributed by atoms with Gasteiger partial charge in [0.25, 0.3) is 0 Å². The number of thioether (sulfide) groups is 1. The summed E-state index contributed by atoms with van der Waals surface area (Å²) < 4.78 is 1.13. The highest BCUT2D eigenvalue weighted by molar-refractivity contribution is 9.10. The van der Waals surface area contributed by atoms with Crippen LogP contribution in [0.3, 0.4) is 0 Å². The van der Waals surface area contributed by atoms with Gasteiger partial charge in [0, 0.05) is 10.2 Å². The van der Waals surface area contributed by atoms with E-state index >= 15 is 0 Å². The van der Waals surface area contributed by atoms with E-state index in [1.807, 2.05) is 0 Å². The molecule has 0 radical (unpaired) electrons. The largest absolute Gasteiger partial charge is 0.318 e. The Hall–Kier alpha value is -0.520. The van der Waals surface area contributed by atoms with E-state index < -0.39 is 0 Å². The Labute approximate surface area is 115 Å². The van der Waals surface area contributed by atoms with Crippen LogP contribution in [0.25, 0.3) is 0 Å². The van der Waals surface area contributed by atoms with Gasteiger partial charge in [-0.1, -0.05) is 39.8 Å². The lowest BCUT2D eigenvalue weighted by atomic mass is 10.2. The standard InChI is InChI=1S/C12H16BrN3S/c1-2-16-8-14-12(15-9-16)17-7-10-3-5-11(13)6-4-10/h3-6H,2,7-9H2,1H3,(H,14,15)/p+1. The first kappa shape index (κ1) is 12.9. The van der Waals surface area contributed by atoms with Crippen LogP contribution in [0.4, 0.5) is 0 Å². The van der Waals surface area contributed by atoms with Gasteiger partial charge in [-0.25, -0.2) is 4.99 Å². The van der Waals surface area contributed by atoms with Crippen molar-refractivity contribution >= 4 is 32.9 Å². The van der Waals surface area contributed by atoms with Crippen molar-refractivity contribution in [3.63, 3.8) is 0 Å². The third-order valence-corrected chi connectivity index (χ3v) is 4.28. The van der Waals surface area contributed by atoms with Gasteiger partial charge in [0.15, 0.2) is 18.5 Å². The van der Waals surface area contributed by atoms with E-state index in [9.17, 15) is 0 Å². The molecule has 92 valence electrons. The lowest BCUT2D eigenvalue weighted by molar-refractivity contribution is -0.900. The molecule has 0 aromatic heterocycles. The molecule has 1 unspecified atom stereocenters. The lowest BCUT2D eigenvalue weighted by Crippen LogP contribution is -3.14. The highest BCUT2D eigenvalue weighted by Crippen LogP contribution is 2.16. The van der Waals surface area contributed by atoms with Crippen LogP contribution < -0.4 is 10.2 Å². The molecular formula is C12H17BrN3S+. The van der Waals surface area contributed by atoms with Crippen LogP contribution in [0.5, 0.6) is 0 Å². The Bertz CT molecular complexity index is 391. The quantitative estimate of drug-likeness (QED) is 0.884. The average Bonchev–Trinajstić information content (AvgIpc) is 2.39. The van der Waals surface area contributed by atoms with E-state index in [2.05, 4.69) is 57.4 Å². The second kappa shape index (κ2) is 6.42. The third-order valence-electron chi connectivity index (χ3n) is 2.72. The Morgan fingerprint density at radius 1 is 1.41 bits per heavy atom. The summed E-state index contributed by atoms with van der Waals surface area (Å²) in [5.41, 5.74) is 1.33. The predicted octanol–water partition coefficient (Wildman–Crippen LogP) is 1.46. The molecule has 3 nitrogen and oxygen atoms in total. The van der Waals surface area contributed by atoms with E-state index in [-0.39, 0.29) is 0 Å². The van der Waals surface area contributed by atoms with Gasteiger partial charge in [-0.05, 0) is 24.6 Å². The summed E-state index contributed by atoms with van der Waals surface area (Å²) in [6, 6.07) is 8.44. The number of benzene rings is 1. The summed E-state index contributed by atoms with van der Waals surface area (Å²) in [4.78, 5) is 6.02. The summed E-state index contributed by atoms with van der Waals surface area (Å²) in [7, 11) is 0. The number of nitrogens with zero attached hydrogens (tertiary/aromatic N) is 1. The van der Waals surface area contributed by atoms with Crippen molar-refractivity contribution in [1.82, 2.24) is 5.32 Å². The van der Waals surface area contributed by atoms with Crippen LogP contribution in [0, 0.1) is 0 Å². The molecule has 0 bridgehead atoms. The first-order chi connectivity index (χ1) is 8.28. The monoisotopic (exact) mass is 314 g/mol. The van der Waals surface area contributed by atoms with Crippen molar-refractivity contribution in [3.05, 3.63) is 34.3 Å². The van der Waals surface area contributed by atoms with Gasteiger partial charge >= 0.3 is 0 Å². The van der Waals surface area contributed by atoms with Gasteiger partial charge in [-0.2, -0.15) is 0 Å². The van der Waals surface area contributed by atoms with Crippen molar-refractivity contribution in [1.29, 1.82) is 0 Å². The fraction of sp³-hybridized carbons (Fsp3) is 0.417. The van der Waals surface area contributed by atoms with Gasteiger partial charge in [0.1, 0.15) is 0 Å². The smallest absolute Gasteiger partial charge is 0.175 e. The van der Waals surface area contributed by atoms with Crippen LogP contribution in [0.2, 0.25) is 0 Å². The highest BCUT2D eigenvalue weighted by atomic mass is 79.9. The Kier molecular flexibility index (Phi) is 4.88. The molecule has 1 aliphatic heterocycles. The number of halogens is 1. The molecule has 5 heteroatoms. The molecule has 1 aromatic rings. The second-order valence-corrected chi connectivity index (χ2v) is 5.87. The van der Waals surface area contributed by atoms with Gasteiger partial charge in [0.2, 0.25) is 0 Å². The number of amidine groups is 1. The van der Waals surface area contributed by atoms with E-state index in [1.165, 1.54) is 10.5 Å². The zero-order valence-electron chi connectivity index (χ0n) is 9.87. The molecule has 0 aliphatic carbocycles. The molecule has 0 fully saturated rings. The molecule has 1 aliphatic rings. The topological polar surface area (TPSA) is 28.8 Å². The average molecular weight is 315 g/mol. The number of nitrogens with one attached hydrogen (secondary N) is 2. The van der Waals surface area contributed by atoms with E-state index in [0.29, 0.717) is 0 Å². The van der Waals surface area contributed by atoms with Gasteiger partial charge in [0.05, 0.1) is 6.54 Å². The molecule has 2 rings (SSSR count). The van der Waals surface area contributed by atoms with E-state index in [4.69, 9.17) is 0 Å². The molecule has 1 aromatic carbocycles. The molecule has 1 atom stereocenters. The zero-order valence-corrected chi connectivity index (χ0v) is 12.3. The van der Waals surface area contributed by atoms with Gasteiger partial charge in [-0.15, -0.1) is 0 Å². The van der Waals surface area contributed by atoms with Crippen molar-refractivity contribution in [2.75, 3.05) is 19.9 Å². The first-order valence-corrected chi connectivity index (χ1v) is 7.55. The van der Waals surface area contributed by atoms with Crippen LogP contribution in [0.1, 0.15) is 12.5 Å². The normalized spacial score (nSPS) is 19.6. The van der Waals surface area contributed by atoms with Gasteiger partial charge in [-0.3, -0.25) is 4.90 Å². The van der Waals surface area contributed by atoms with Crippen LogP contribution in [-0.4, -0.2) is 25.0 Å². The maximum Gasteiger partial charge on any atom is 0.175 e. The Morgan fingerprint density at radius 2 is 2.18 bits per heavy atom. The fourth-order valence-corrected chi connectivity index (χ4v) is 2.65. The summed E-state index contributed by atoms with van der Waals surface area (Å²) >= 11 is 5.22. The molecular weight excluding hydrogens is 298 g/mol. The maximum absolute atomic E-state index is 4.54. The molecule has 0 spiro atoms. The van der Waals surface area contributed by atoms with E-state index in [1.54, 1.807) is 11.8 Å².